The van der Waals surface area contributed by atoms with Crippen LogP contribution in [0.1, 0.15) is 39.5 Å². The first-order valence-electron chi connectivity index (χ1n) is 4.98. The summed E-state index contributed by atoms with van der Waals surface area (Å²) in [6.45, 7) is 4.53. The second-order valence-electron chi connectivity index (χ2n) is 4.53. The zero-order valence-corrected chi connectivity index (χ0v) is 8.21. The van der Waals surface area contributed by atoms with Crippen LogP contribution in [0, 0.1) is 11.8 Å². The summed E-state index contributed by atoms with van der Waals surface area (Å²) >= 11 is 0. The van der Waals surface area contributed by atoms with Gasteiger partial charge in [0.05, 0.1) is 5.60 Å². The van der Waals surface area contributed by atoms with Crippen LogP contribution in [-0.2, 0) is 0 Å². The van der Waals surface area contributed by atoms with Gasteiger partial charge in [-0.25, -0.2) is 0 Å². The lowest BCUT2D eigenvalue weighted by molar-refractivity contribution is -0.0162. The number of aliphatic hydroxyl groups is 1. The van der Waals surface area contributed by atoms with E-state index in [-0.39, 0.29) is 0 Å². The first kappa shape index (κ1) is 10.0. The predicted octanol–water partition coefficient (Wildman–Crippen LogP) is 1.52. The Bertz CT molecular complexity index is 145. The summed E-state index contributed by atoms with van der Waals surface area (Å²) in [7, 11) is 0. The van der Waals surface area contributed by atoms with Crippen molar-refractivity contribution >= 4 is 0 Å². The van der Waals surface area contributed by atoms with Gasteiger partial charge in [-0.2, -0.15) is 0 Å². The van der Waals surface area contributed by atoms with Gasteiger partial charge in [-0.1, -0.05) is 19.8 Å². The van der Waals surface area contributed by atoms with E-state index < -0.39 is 5.60 Å². The highest BCUT2D eigenvalue weighted by Gasteiger charge is 2.33. The molecular formula is C10H21NO. The molecule has 1 fully saturated rings. The minimum Gasteiger partial charge on any atom is -0.389 e. The van der Waals surface area contributed by atoms with Crippen LogP contribution in [0.25, 0.3) is 0 Å². The molecule has 0 bridgehead atoms. The first-order valence-corrected chi connectivity index (χ1v) is 4.98. The molecule has 12 heavy (non-hydrogen) atoms. The zero-order valence-electron chi connectivity index (χ0n) is 8.21. The molecule has 3 atom stereocenters. The smallest absolute Gasteiger partial charge is 0.0769 e. The third-order valence-electron chi connectivity index (χ3n) is 3.23. The molecule has 72 valence electrons. The van der Waals surface area contributed by atoms with E-state index >= 15 is 0 Å². The van der Waals surface area contributed by atoms with Gasteiger partial charge in [0.15, 0.2) is 0 Å². The van der Waals surface area contributed by atoms with E-state index in [9.17, 15) is 5.11 Å². The molecule has 0 saturated heterocycles. The van der Waals surface area contributed by atoms with Crippen molar-refractivity contribution in [3.63, 3.8) is 0 Å². The Morgan fingerprint density at radius 3 is 2.67 bits per heavy atom. The molecule has 1 aliphatic rings. The molecule has 0 aromatic carbocycles. The van der Waals surface area contributed by atoms with Crippen molar-refractivity contribution in [1.82, 2.24) is 0 Å². The Kier molecular flexibility index (Phi) is 3.13. The maximum Gasteiger partial charge on any atom is 0.0769 e. The van der Waals surface area contributed by atoms with Gasteiger partial charge in [-0.15, -0.1) is 0 Å². The molecule has 0 heterocycles. The predicted molar refractivity (Wildman–Crippen MR) is 50.8 cm³/mol. The SMILES string of the molecule is CC1CCCC(C(C)(O)CN)C1. The Hall–Kier alpha value is -0.0800. The summed E-state index contributed by atoms with van der Waals surface area (Å²) in [5.74, 6) is 1.19. The first-order chi connectivity index (χ1) is 5.56. The third-order valence-corrected chi connectivity index (χ3v) is 3.23. The Labute approximate surface area is 75.2 Å². The fraction of sp³-hybridized carbons (Fsp3) is 1.00. The van der Waals surface area contributed by atoms with Crippen LogP contribution in [0.3, 0.4) is 0 Å². The Balaban J connectivity index is 2.50. The van der Waals surface area contributed by atoms with E-state index in [4.69, 9.17) is 5.73 Å². The fourth-order valence-electron chi connectivity index (χ4n) is 2.17. The van der Waals surface area contributed by atoms with Crippen LogP contribution < -0.4 is 5.73 Å². The molecule has 2 nitrogen and oxygen atoms in total. The number of rotatable bonds is 2. The average molecular weight is 171 g/mol. The zero-order chi connectivity index (χ0) is 9.19. The maximum absolute atomic E-state index is 9.94. The second-order valence-corrected chi connectivity index (χ2v) is 4.53. The maximum atomic E-state index is 9.94. The third kappa shape index (κ3) is 2.20. The van der Waals surface area contributed by atoms with Crippen LogP contribution in [0.4, 0.5) is 0 Å². The molecule has 2 heteroatoms. The number of hydrogen-bond donors (Lipinski definition) is 2. The lowest BCUT2D eigenvalue weighted by atomic mass is 9.74. The van der Waals surface area contributed by atoms with Gasteiger partial charge in [0.1, 0.15) is 0 Å². The van der Waals surface area contributed by atoms with Crippen LogP contribution in [-0.4, -0.2) is 17.3 Å². The fourth-order valence-corrected chi connectivity index (χ4v) is 2.17. The average Bonchev–Trinajstić information content (AvgIpc) is 2.05. The van der Waals surface area contributed by atoms with Crippen molar-refractivity contribution in [3.05, 3.63) is 0 Å². The number of nitrogens with two attached hydrogens (primary N) is 1. The monoisotopic (exact) mass is 171 g/mol. The Morgan fingerprint density at radius 2 is 2.17 bits per heavy atom. The van der Waals surface area contributed by atoms with Crippen LogP contribution in [0.15, 0.2) is 0 Å². The van der Waals surface area contributed by atoms with Gasteiger partial charge in [-0.3, -0.25) is 0 Å². The van der Waals surface area contributed by atoms with Crippen LogP contribution >= 0.6 is 0 Å². The van der Waals surface area contributed by atoms with Gasteiger partial charge in [0.2, 0.25) is 0 Å². The number of hydrogen-bond acceptors (Lipinski definition) is 2. The molecule has 0 radical (unpaired) electrons. The summed E-state index contributed by atoms with van der Waals surface area (Å²) < 4.78 is 0. The van der Waals surface area contributed by atoms with Gasteiger partial charge in [0, 0.05) is 6.54 Å². The quantitative estimate of drug-likeness (QED) is 0.661. The molecule has 1 saturated carbocycles. The highest BCUT2D eigenvalue weighted by molar-refractivity contribution is 4.86. The summed E-state index contributed by atoms with van der Waals surface area (Å²) in [4.78, 5) is 0. The Morgan fingerprint density at radius 1 is 1.50 bits per heavy atom. The molecule has 0 aliphatic heterocycles. The minimum absolute atomic E-state index is 0.393. The second kappa shape index (κ2) is 3.75. The molecule has 0 amide bonds. The van der Waals surface area contributed by atoms with Crippen molar-refractivity contribution in [2.45, 2.75) is 45.1 Å². The highest BCUT2D eigenvalue weighted by atomic mass is 16.3. The lowest BCUT2D eigenvalue weighted by Gasteiger charge is -2.37. The molecule has 3 N–H and O–H groups in total. The molecule has 0 aromatic heterocycles. The van der Waals surface area contributed by atoms with Gasteiger partial charge < -0.3 is 10.8 Å². The standard InChI is InChI=1S/C10H21NO/c1-8-4-3-5-9(6-8)10(2,12)7-11/h8-9,12H,3-7,11H2,1-2H3. The molecular weight excluding hydrogens is 150 g/mol. The van der Waals surface area contributed by atoms with Crippen LogP contribution in [0.2, 0.25) is 0 Å². The molecule has 3 unspecified atom stereocenters. The van der Waals surface area contributed by atoms with Crippen LogP contribution in [0.5, 0.6) is 0 Å². The topological polar surface area (TPSA) is 46.2 Å². The van der Waals surface area contributed by atoms with E-state index in [1.54, 1.807) is 0 Å². The lowest BCUT2D eigenvalue weighted by Crippen LogP contribution is -2.43. The van der Waals surface area contributed by atoms with Crippen molar-refractivity contribution < 1.29 is 5.11 Å². The van der Waals surface area contributed by atoms with Gasteiger partial charge >= 0.3 is 0 Å². The minimum atomic E-state index is -0.630. The van der Waals surface area contributed by atoms with E-state index in [2.05, 4.69) is 6.92 Å². The largest absolute Gasteiger partial charge is 0.389 e. The van der Waals surface area contributed by atoms with E-state index in [0.717, 1.165) is 18.8 Å². The normalized spacial score (nSPS) is 36.0. The van der Waals surface area contributed by atoms with Crippen molar-refractivity contribution in [2.75, 3.05) is 6.54 Å². The van der Waals surface area contributed by atoms with E-state index in [1.165, 1.54) is 12.8 Å². The molecule has 1 rings (SSSR count). The van der Waals surface area contributed by atoms with E-state index in [1.807, 2.05) is 6.92 Å². The van der Waals surface area contributed by atoms with Crippen molar-refractivity contribution in [3.8, 4) is 0 Å². The summed E-state index contributed by atoms with van der Waals surface area (Å²) in [5, 5.41) is 9.94. The van der Waals surface area contributed by atoms with E-state index in [0.29, 0.717) is 12.5 Å². The van der Waals surface area contributed by atoms with Crippen molar-refractivity contribution in [2.24, 2.45) is 17.6 Å². The molecule has 0 aromatic rings. The van der Waals surface area contributed by atoms with Gasteiger partial charge in [-0.05, 0) is 31.6 Å². The highest BCUT2D eigenvalue weighted by Crippen LogP contribution is 2.34. The van der Waals surface area contributed by atoms with Crippen molar-refractivity contribution in [1.29, 1.82) is 0 Å². The summed E-state index contributed by atoms with van der Waals surface area (Å²) in [6.07, 6.45) is 4.86. The molecule has 0 spiro atoms. The molecule has 1 aliphatic carbocycles. The summed E-state index contributed by atoms with van der Waals surface area (Å²) in [5.41, 5.74) is 4.90. The van der Waals surface area contributed by atoms with Gasteiger partial charge in [0.25, 0.3) is 0 Å². The summed E-state index contributed by atoms with van der Waals surface area (Å²) in [6, 6.07) is 0.